The van der Waals surface area contributed by atoms with Gasteiger partial charge in [0.15, 0.2) is 0 Å². The number of hydrogen-bond acceptors (Lipinski definition) is 4. The Balaban J connectivity index is 1.50. The third kappa shape index (κ3) is 5.00. The molecule has 0 N–H and O–H groups in total. The second kappa shape index (κ2) is 10.1. The fourth-order valence-electron chi connectivity index (χ4n) is 5.85. The van der Waals surface area contributed by atoms with E-state index < -0.39 is 0 Å². The molecule has 2 aromatic carbocycles. The van der Waals surface area contributed by atoms with Crippen LogP contribution in [0.1, 0.15) is 81.4 Å². The molecule has 0 unspecified atom stereocenters. The number of rotatable bonds is 6. The van der Waals surface area contributed by atoms with Crippen LogP contribution in [0.4, 0.5) is 0 Å². The second-order valence-electron chi connectivity index (χ2n) is 9.93. The first-order chi connectivity index (χ1) is 15.9. The van der Waals surface area contributed by atoms with Crippen LogP contribution in [-0.2, 0) is 15.0 Å². The number of methoxy groups -OCH3 is 1. The summed E-state index contributed by atoms with van der Waals surface area (Å²) in [6.07, 6.45) is 9.00. The van der Waals surface area contributed by atoms with Gasteiger partial charge in [-0.3, -0.25) is 9.59 Å². The quantitative estimate of drug-likeness (QED) is 0.371. The Bertz CT molecular complexity index is 977. The smallest absolute Gasteiger partial charge is 0.314 e. The summed E-state index contributed by atoms with van der Waals surface area (Å²) < 4.78 is 11.2. The maximum Gasteiger partial charge on any atom is 0.314 e. The van der Waals surface area contributed by atoms with Gasteiger partial charge in [0.2, 0.25) is 0 Å². The number of hydrogen-bond donors (Lipinski definition) is 0. The van der Waals surface area contributed by atoms with Gasteiger partial charge in [-0.05, 0) is 87.3 Å². The molecule has 4 rings (SSSR count). The molecule has 2 aromatic rings. The van der Waals surface area contributed by atoms with E-state index in [-0.39, 0.29) is 29.0 Å². The Kier molecular flexibility index (Phi) is 7.21. The van der Waals surface area contributed by atoms with Crippen molar-refractivity contribution in [1.82, 2.24) is 0 Å². The molecule has 0 heterocycles. The van der Waals surface area contributed by atoms with E-state index in [0.29, 0.717) is 5.75 Å². The fraction of sp³-hybridized carbons (Fsp3) is 0.517. The van der Waals surface area contributed by atoms with Crippen LogP contribution < -0.4 is 9.47 Å². The van der Waals surface area contributed by atoms with Crippen molar-refractivity contribution in [3.8, 4) is 11.5 Å². The number of ether oxygens (including phenoxy) is 2. The van der Waals surface area contributed by atoms with Crippen LogP contribution in [0.2, 0.25) is 0 Å². The summed E-state index contributed by atoms with van der Waals surface area (Å²) >= 11 is 0. The Morgan fingerprint density at radius 3 is 2.03 bits per heavy atom. The van der Waals surface area contributed by atoms with E-state index in [1.54, 1.807) is 14.0 Å². The van der Waals surface area contributed by atoms with Crippen molar-refractivity contribution in [3.05, 3.63) is 59.2 Å². The van der Waals surface area contributed by atoms with Gasteiger partial charge < -0.3 is 9.47 Å². The summed E-state index contributed by atoms with van der Waals surface area (Å²) in [5.74, 6) is 1.61. The van der Waals surface area contributed by atoms with Crippen LogP contribution in [-0.4, -0.2) is 18.9 Å². The van der Waals surface area contributed by atoms with Crippen molar-refractivity contribution in [2.75, 3.05) is 7.11 Å². The lowest BCUT2D eigenvalue weighted by molar-refractivity contribution is -0.141. The number of Topliss-reactive ketones (excluding diaryl/α,β-unsaturated/α-hetero) is 1. The first-order valence-electron chi connectivity index (χ1n) is 12.4. The lowest BCUT2D eigenvalue weighted by Crippen LogP contribution is -2.30. The van der Waals surface area contributed by atoms with Gasteiger partial charge in [0.25, 0.3) is 0 Å². The highest BCUT2D eigenvalue weighted by atomic mass is 16.5. The Morgan fingerprint density at radius 1 is 0.848 bits per heavy atom. The fourth-order valence-corrected chi connectivity index (χ4v) is 5.85. The normalized spacial score (nSPS) is 22.4. The van der Waals surface area contributed by atoms with Gasteiger partial charge in [-0.25, -0.2) is 0 Å². The number of esters is 1. The molecule has 0 atom stereocenters. The molecule has 0 radical (unpaired) electrons. The molecule has 0 amide bonds. The van der Waals surface area contributed by atoms with E-state index in [0.717, 1.165) is 49.8 Å². The number of aryl methyl sites for hydroxylation is 1. The summed E-state index contributed by atoms with van der Waals surface area (Å²) in [7, 11) is 1.72. The molecule has 4 heteroatoms. The van der Waals surface area contributed by atoms with Crippen LogP contribution in [0.15, 0.2) is 42.5 Å². The monoisotopic (exact) mass is 448 g/mol. The minimum absolute atomic E-state index is 0.0110. The highest BCUT2D eigenvalue weighted by molar-refractivity contribution is 5.79. The molecule has 2 aliphatic carbocycles. The zero-order chi connectivity index (χ0) is 23.4. The van der Waals surface area contributed by atoms with Crippen LogP contribution in [0.5, 0.6) is 11.5 Å². The maximum atomic E-state index is 12.7. The Hall–Kier alpha value is -2.62. The highest BCUT2D eigenvalue weighted by Gasteiger charge is 2.36. The first-order valence-corrected chi connectivity index (χ1v) is 12.4. The van der Waals surface area contributed by atoms with Crippen molar-refractivity contribution in [3.63, 3.8) is 0 Å². The molecule has 2 saturated carbocycles. The van der Waals surface area contributed by atoms with Crippen molar-refractivity contribution >= 4 is 11.8 Å². The average Bonchev–Trinajstić information content (AvgIpc) is 2.85. The van der Waals surface area contributed by atoms with Gasteiger partial charge in [0, 0.05) is 11.3 Å². The Morgan fingerprint density at radius 2 is 1.45 bits per heavy atom. The van der Waals surface area contributed by atoms with E-state index in [9.17, 15) is 9.59 Å². The van der Waals surface area contributed by atoms with Gasteiger partial charge in [-0.1, -0.05) is 43.5 Å². The number of ketones is 1. The summed E-state index contributed by atoms with van der Waals surface area (Å²) in [5.41, 5.74) is 3.77. The summed E-state index contributed by atoms with van der Waals surface area (Å²) in [4.78, 5) is 24.3. The number of carbonyl (C=O) groups is 2. The van der Waals surface area contributed by atoms with E-state index in [1.807, 2.05) is 12.1 Å². The molecule has 0 bridgehead atoms. The molecular formula is C29H36O4. The summed E-state index contributed by atoms with van der Waals surface area (Å²) in [6.45, 7) is 3.75. The lowest BCUT2D eigenvalue weighted by Gasteiger charge is -2.39. The third-order valence-corrected chi connectivity index (χ3v) is 7.92. The number of carbonyl (C=O) groups excluding carboxylic acids is 2. The van der Waals surface area contributed by atoms with Gasteiger partial charge >= 0.3 is 5.97 Å². The Labute approximate surface area is 197 Å². The highest BCUT2D eigenvalue weighted by Crippen LogP contribution is 2.46. The summed E-state index contributed by atoms with van der Waals surface area (Å²) in [6, 6.07) is 14.7. The number of benzene rings is 2. The molecule has 0 aliphatic heterocycles. The predicted octanol–water partition coefficient (Wildman–Crippen LogP) is 6.55. The van der Waals surface area contributed by atoms with Crippen molar-refractivity contribution < 1.29 is 19.1 Å². The minimum atomic E-state index is -0.164. The largest absolute Gasteiger partial charge is 0.496 e. The molecular weight excluding hydrogens is 412 g/mol. The lowest BCUT2D eigenvalue weighted by atomic mass is 9.65. The van der Waals surface area contributed by atoms with E-state index >= 15 is 0 Å². The maximum absolute atomic E-state index is 12.7. The third-order valence-electron chi connectivity index (χ3n) is 7.92. The zero-order valence-electron chi connectivity index (χ0n) is 20.2. The minimum Gasteiger partial charge on any atom is -0.496 e. The van der Waals surface area contributed by atoms with Crippen molar-refractivity contribution in [2.24, 2.45) is 11.8 Å². The van der Waals surface area contributed by atoms with Crippen LogP contribution in [0, 0.1) is 18.8 Å². The van der Waals surface area contributed by atoms with Gasteiger partial charge in [0.05, 0.1) is 13.0 Å². The molecule has 0 saturated heterocycles. The van der Waals surface area contributed by atoms with Crippen molar-refractivity contribution in [2.45, 2.75) is 77.0 Å². The molecule has 2 fully saturated rings. The van der Waals surface area contributed by atoms with E-state index in [2.05, 4.69) is 37.3 Å². The second-order valence-corrected chi connectivity index (χ2v) is 9.93. The standard InChI is InChI=1S/C29H36O4/c1-20-19-25(13-16-27(20)32-3)29(17-5-4-6-18-29)24-11-14-26(15-12-24)33-28(31)23-9-7-22(8-10-23)21(2)30/h11-16,19,22-23H,4-10,17-18H2,1-3H3. The average molecular weight is 449 g/mol. The van der Waals surface area contributed by atoms with E-state index in [1.165, 1.54) is 30.4 Å². The first kappa shape index (κ1) is 23.5. The topological polar surface area (TPSA) is 52.6 Å². The summed E-state index contributed by atoms with van der Waals surface area (Å²) in [5, 5.41) is 0. The van der Waals surface area contributed by atoms with Crippen LogP contribution in [0.25, 0.3) is 0 Å². The molecule has 0 spiro atoms. The van der Waals surface area contributed by atoms with Gasteiger partial charge in [-0.15, -0.1) is 0 Å². The van der Waals surface area contributed by atoms with E-state index in [4.69, 9.17) is 9.47 Å². The van der Waals surface area contributed by atoms with Crippen molar-refractivity contribution in [1.29, 1.82) is 0 Å². The van der Waals surface area contributed by atoms with Gasteiger partial charge in [0.1, 0.15) is 17.3 Å². The molecule has 0 aromatic heterocycles. The SMILES string of the molecule is COc1ccc(C2(c3ccc(OC(=O)C4CCC(C(C)=O)CC4)cc3)CCCCC2)cc1C. The zero-order valence-corrected chi connectivity index (χ0v) is 20.2. The van der Waals surface area contributed by atoms with Crippen LogP contribution in [0.3, 0.4) is 0 Å². The van der Waals surface area contributed by atoms with Gasteiger partial charge in [-0.2, -0.15) is 0 Å². The molecule has 176 valence electrons. The predicted molar refractivity (Wildman–Crippen MR) is 130 cm³/mol. The molecule has 33 heavy (non-hydrogen) atoms. The van der Waals surface area contributed by atoms with Crippen LogP contribution >= 0.6 is 0 Å². The molecule has 2 aliphatic rings. The molecule has 4 nitrogen and oxygen atoms in total.